The van der Waals surface area contributed by atoms with Gasteiger partial charge in [0.25, 0.3) is 5.91 Å². The van der Waals surface area contributed by atoms with Crippen molar-refractivity contribution in [2.45, 2.75) is 32.6 Å². The number of carbonyl (C=O) groups excluding carboxylic acids is 1. The molecule has 0 saturated carbocycles. The van der Waals surface area contributed by atoms with Crippen molar-refractivity contribution in [2.75, 3.05) is 5.73 Å². The number of hydrogen-bond acceptors (Lipinski definition) is 4. The van der Waals surface area contributed by atoms with Gasteiger partial charge in [0.2, 0.25) is 0 Å². The number of benzene rings is 3. The number of fused-ring (bicyclic) bond motifs is 8. The minimum absolute atomic E-state index is 0.0666. The minimum Gasteiger partial charge on any atom is -0.384 e. The lowest BCUT2D eigenvalue weighted by atomic mass is 9.84. The number of ether oxygens (including phenoxy) is 1. The van der Waals surface area contributed by atoms with E-state index in [9.17, 15) is 4.79 Å². The zero-order valence-corrected chi connectivity index (χ0v) is 19.1. The van der Waals surface area contributed by atoms with E-state index in [1.54, 1.807) is 0 Å². The Hall–Kier alpha value is -3.96. The van der Waals surface area contributed by atoms with E-state index in [1.807, 2.05) is 44.2 Å². The molecule has 0 aliphatic carbocycles. The second-order valence-corrected chi connectivity index (χ2v) is 9.06. The van der Waals surface area contributed by atoms with Crippen LogP contribution in [0, 0.1) is 13.8 Å². The number of pyridine rings is 1. The van der Waals surface area contributed by atoms with E-state index in [1.165, 1.54) is 22.3 Å². The van der Waals surface area contributed by atoms with Crippen LogP contribution < -0.4 is 11.1 Å². The fraction of sp³-hybridized carbons (Fsp3) is 0.172. The van der Waals surface area contributed by atoms with Crippen LogP contribution in [0.15, 0.2) is 72.8 Å². The first kappa shape index (κ1) is 20.6. The van der Waals surface area contributed by atoms with Gasteiger partial charge >= 0.3 is 0 Å². The second-order valence-electron chi connectivity index (χ2n) is 9.06. The molecule has 3 N–H and O–H groups in total. The van der Waals surface area contributed by atoms with E-state index >= 15 is 0 Å². The third-order valence-corrected chi connectivity index (χ3v) is 6.94. The molecular weight excluding hydrogens is 422 g/mol. The van der Waals surface area contributed by atoms with Gasteiger partial charge in [0, 0.05) is 17.8 Å². The van der Waals surface area contributed by atoms with E-state index in [2.05, 4.69) is 52.8 Å². The lowest BCUT2D eigenvalue weighted by Crippen LogP contribution is -2.24. The predicted octanol–water partition coefficient (Wildman–Crippen LogP) is 5.40. The fourth-order valence-electron chi connectivity index (χ4n) is 5.22. The van der Waals surface area contributed by atoms with Gasteiger partial charge in [0.05, 0.1) is 0 Å². The summed E-state index contributed by atoms with van der Waals surface area (Å²) in [6.45, 7) is 4.30. The van der Waals surface area contributed by atoms with Gasteiger partial charge < -0.3 is 15.8 Å². The van der Waals surface area contributed by atoms with E-state index in [0.717, 1.165) is 27.9 Å². The number of carbonyl (C=O) groups is 1. The molecule has 168 valence electrons. The average Bonchev–Trinajstić information content (AvgIpc) is 3.40. The summed E-state index contributed by atoms with van der Waals surface area (Å²) in [6.07, 6.45) is -0.208. The molecule has 2 atom stereocenters. The molecule has 2 aliphatic rings. The van der Waals surface area contributed by atoms with Crippen molar-refractivity contribution in [1.29, 1.82) is 0 Å². The van der Waals surface area contributed by atoms with Crippen molar-refractivity contribution in [2.24, 2.45) is 0 Å². The van der Waals surface area contributed by atoms with Gasteiger partial charge in [-0.2, -0.15) is 0 Å². The zero-order chi connectivity index (χ0) is 23.4. The number of rotatable bonds is 4. The zero-order valence-electron chi connectivity index (χ0n) is 19.1. The van der Waals surface area contributed by atoms with Crippen LogP contribution in [0.5, 0.6) is 0 Å². The van der Waals surface area contributed by atoms with Crippen LogP contribution in [0.2, 0.25) is 0 Å². The molecular formula is C29H25N3O2. The molecule has 1 amide bonds. The lowest BCUT2D eigenvalue weighted by molar-refractivity contribution is 0.0857. The SMILES string of the molecule is Cc1cc(N)nc(C)c1CNC(=O)c1ccc2c(c1)C1OC2c2ccc(-c3ccccc3)cc21. The van der Waals surface area contributed by atoms with Gasteiger partial charge in [0.15, 0.2) is 0 Å². The van der Waals surface area contributed by atoms with Crippen LogP contribution >= 0.6 is 0 Å². The third kappa shape index (κ3) is 3.28. The highest BCUT2D eigenvalue weighted by atomic mass is 16.5. The Morgan fingerprint density at radius 2 is 1.59 bits per heavy atom. The number of nitrogens with zero attached hydrogens (tertiary/aromatic N) is 1. The summed E-state index contributed by atoms with van der Waals surface area (Å²) in [6, 6.07) is 24.7. The molecule has 4 aromatic rings. The van der Waals surface area contributed by atoms with Crippen molar-refractivity contribution in [3.63, 3.8) is 0 Å². The Bertz CT molecular complexity index is 1420. The fourth-order valence-corrected chi connectivity index (χ4v) is 5.22. The number of anilines is 1. The summed E-state index contributed by atoms with van der Waals surface area (Å²) in [4.78, 5) is 17.3. The smallest absolute Gasteiger partial charge is 0.251 e. The molecule has 0 saturated heterocycles. The van der Waals surface area contributed by atoms with Crippen molar-refractivity contribution in [3.8, 4) is 11.1 Å². The first-order valence-corrected chi connectivity index (χ1v) is 11.5. The topological polar surface area (TPSA) is 77.2 Å². The third-order valence-electron chi connectivity index (χ3n) is 6.94. The Morgan fingerprint density at radius 3 is 2.35 bits per heavy atom. The van der Waals surface area contributed by atoms with Gasteiger partial charge in [-0.25, -0.2) is 4.98 Å². The number of nitrogen functional groups attached to an aromatic ring is 1. The molecule has 5 heteroatoms. The van der Waals surface area contributed by atoms with Crippen LogP contribution in [-0.4, -0.2) is 10.9 Å². The number of amides is 1. The number of aryl methyl sites for hydroxylation is 2. The van der Waals surface area contributed by atoms with Gasteiger partial charge in [0.1, 0.15) is 18.0 Å². The Morgan fingerprint density at radius 1 is 0.882 bits per heavy atom. The first-order valence-electron chi connectivity index (χ1n) is 11.5. The van der Waals surface area contributed by atoms with Crippen molar-refractivity contribution in [1.82, 2.24) is 10.3 Å². The Balaban J connectivity index is 1.26. The maximum atomic E-state index is 13.0. The number of aromatic nitrogens is 1. The maximum absolute atomic E-state index is 13.0. The molecule has 0 spiro atoms. The monoisotopic (exact) mass is 447 g/mol. The van der Waals surface area contributed by atoms with Crippen LogP contribution in [0.1, 0.15) is 61.6 Å². The highest BCUT2D eigenvalue weighted by molar-refractivity contribution is 5.94. The van der Waals surface area contributed by atoms with Crippen LogP contribution in [0.3, 0.4) is 0 Å². The minimum atomic E-state index is -0.141. The largest absolute Gasteiger partial charge is 0.384 e. The summed E-state index contributed by atoms with van der Waals surface area (Å²) in [5.41, 5.74) is 16.3. The Kier molecular flexibility index (Phi) is 4.74. The van der Waals surface area contributed by atoms with Gasteiger partial charge in [-0.3, -0.25) is 4.79 Å². The summed E-state index contributed by atoms with van der Waals surface area (Å²) < 4.78 is 6.36. The van der Waals surface area contributed by atoms with Gasteiger partial charge in [-0.1, -0.05) is 48.5 Å². The molecule has 6 rings (SSSR count). The van der Waals surface area contributed by atoms with E-state index in [-0.39, 0.29) is 18.1 Å². The molecule has 0 radical (unpaired) electrons. The van der Waals surface area contributed by atoms with E-state index in [4.69, 9.17) is 10.5 Å². The second kappa shape index (κ2) is 7.82. The number of nitrogens with two attached hydrogens (primary N) is 1. The van der Waals surface area contributed by atoms with Crippen LogP contribution in [-0.2, 0) is 11.3 Å². The molecule has 2 aliphatic heterocycles. The molecule has 34 heavy (non-hydrogen) atoms. The van der Waals surface area contributed by atoms with Crippen molar-refractivity contribution < 1.29 is 9.53 Å². The van der Waals surface area contributed by atoms with Gasteiger partial charge in [-0.05, 0) is 82.6 Å². The summed E-state index contributed by atoms with van der Waals surface area (Å²) >= 11 is 0. The van der Waals surface area contributed by atoms with Crippen LogP contribution in [0.25, 0.3) is 11.1 Å². The molecule has 3 heterocycles. The van der Waals surface area contributed by atoms with E-state index < -0.39 is 0 Å². The molecule has 2 bridgehead atoms. The summed E-state index contributed by atoms with van der Waals surface area (Å²) in [7, 11) is 0. The lowest BCUT2D eigenvalue weighted by Gasteiger charge is -2.18. The van der Waals surface area contributed by atoms with E-state index in [0.29, 0.717) is 17.9 Å². The maximum Gasteiger partial charge on any atom is 0.251 e. The highest BCUT2D eigenvalue weighted by Gasteiger charge is 2.43. The highest BCUT2D eigenvalue weighted by Crippen LogP contribution is 2.54. The predicted molar refractivity (Wildman–Crippen MR) is 132 cm³/mol. The van der Waals surface area contributed by atoms with Crippen molar-refractivity contribution >= 4 is 11.7 Å². The number of nitrogens with one attached hydrogen (secondary N) is 1. The van der Waals surface area contributed by atoms with Crippen molar-refractivity contribution in [3.05, 3.63) is 117 Å². The number of hydrogen-bond donors (Lipinski definition) is 2. The molecule has 5 nitrogen and oxygen atoms in total. The molecule has 1 aromatic heterocycles. The standard InChI is InChI=1S/C29H25N3O2/c1-16-12-26(30)32-17(2)25(16)15-31-29(33)20-9-11-22-24(14-20)28-23-13-19(18-6-4-3-5-7-18)8-10-21(23)27(22)34-28/h3-14,27-28H,15H2,1-2H3,(H2,30,32)(H,31,33). The normalized spacial score (nSPS) is 17.4. The molecule has 3 aromatic carbocycles. The summed E-state index contributed by atoms with van der Waals surface area (Å²) in [5, 5.41) is 3.04. The quantitative estimate of drug-likeness (QED) is 0.439. The molecule has 2 unspecified atom stereocenters. The Labute approximate surface area is 198 Å². The first-order chi connectivity index (χ1) is 16.5. The summed E-state index contributed by atoms with van der Waals surface area (Å²) in [5.74, 6) is 0.383. The average molecular weight is 448 g/mol. The van der Waals surface area contributed by atoms with Crippen LogP contribution in [0.4, 0.5) is 5.82 Å². The van der Waals surface area contributed by atoms with Gasteiger partial charge in [-0.15, -0.1) is 0 Å². The molecule has 0 fully saturated rings.